The van der Waals surface area contributed by atoms with E-state index in [0.29, 0.717) is 19.4 Å². The average molecular weight is 448 g/mol. The van der Waals surface area contributed by atoms with Crippen LogP contribution in [-0.2, 0) is 14.4 Å². The molecule has 2 atom stereocenters. The van der Waals surface area contributed by atoms with E-state index in [1.54, 1.807) is 0 Å². The minimum absolute atomic E-state index is 0.0347. The number of amides is 2. The predicted octanol–water partition coefficient (Wildman–Crippen LogP) is 2.30. The maximum absolute atomic E-state index is 13.2. The Hall–Kier alpha value is -0.860. The number of halogens is 1. The first-order valence-corrected chi connectivity index (χ1v) is 10.1. The lowest BCUT2D eigenvalue weighted by Crippen LogP contribution is -2.58. The van der Waals surface area contributed by atoms with Gasteiger partial charge in [0.2, 0.25) is 11.8 Å². The van der Waals surface area contributed by atoms with Crippen LogP contribution in [0, 0.1) is 11.8 Å². The van der Waals surface area contributed by atoms with Crippen LogP contribution in [0.25, 0.3) is 0 Å². The maximum Gasteiger partial charge on any atom is 0.340 e. The number of carbonyl (C=O) groups excluding carboxylic acids is 2. The van der Waals surface area contributed by atoms with Gasteiger partial charge in [-0.2, -0.15) is 0 Å². The molecule has 7 heteroatoms. The van der Waals surface area contributed by atoms with E-state index in [1.807, 2.05) is 22.6 Å². The number of rotatable bonds is 5. The van der Waals surface area contributed by atoms with Gasteiger partial charge in [0.1, 0.15) is 6.04 Å². The highest BCUT2D eigenvalue weighted by Gasteiger charge is 2.50. The van der Waals surface area contributed by atoms with Crippen LogP contribution >= 0.6 is 22.6 Å². The number of carbonyl (C=O) groups is 3. The fourth-order valence-corrected chi connectivity index (χ4v) is 4.78. The van der Waals surface area contributed by atoms with Crippen molar-refractivity contribution in [1.29, 1.82) is 0 Å². The molecule has 2 unspecified atom stereocenters. The Labute approximate surface area is 155 Å². The number of likely N-dealkylation sites (tertiary alicyclic amines) is 1. The van der Waals surface area contributed by atoms with E-state index in [2.05, 4.69) is 5.32 Å². The predicted molar refractivity (Wildman–Crippen MR) is 96.6 cm³/mol. The van der Waals surface area contributed by atoms with Gasteiger partial charge < -0.3 is 15.3 Å². The minimum atomic E-state index is -1.17. The summed E-state index contributed by atoms with van der Waals surface area (Å²) in [6.07, 6.45) is 8.11. The van der Waals surface area contributed by atoms with Crippen molar-refractivity contribution in [3.8, 4) is 0 Å². The van der Waals surface area contributed by atoms with E-state index in [-0.39, 0.29) is 23.7 Å². The van der Waals surface area contributed by atoms with Crippen LogP contribution in [0.15, 0.2) is 0 Å². The molecule has 24 heavy (non-hydrogen) atoms. The molecular weight excluding hydrogens is 423 g/mol. The number of carboxylic acids is 1. The average Bonchev–Trinajstić information content (AvgIpc) is 3.35. The number of nitrogens with zero attached hydrogens (tertiary/aromatic N) is 1. The summed E-state index contributed by atoms with van der Waals surface area (Å²) in [6.45, 7) is 0.455. The van der Waals surface area contributed by atoms with Crippen LogP contribution in [0.5, 0.6) is 0 Å². The van der Waals surface area contributed by atoms with E-state index in [9.17, 15) is 19.5 Å². The first-order valence-electron chi connectivity index (χ1n) is 8.97. The zero-order valence-corrected chi connectivity index (χ0v) is 16.0. The minimum Gasteiger partial charge on any atom is -0.479 e. The first-order chi connectivity index (χ1) is 11.4. The van der Waals surface area contributed by atoms with E-state index in [1.165, 1.54) is 11.3 Å². The zero-order chi connectivity index (χ0) is 17.3. The number of hydrogen-bond donors (Lipinski definition) is 2. The van der Waals surface area contributed by atoms with Crippen LogP contribution in [0.1, 0.15) is 57.8 Å². The molecule has 3 fully saturated rings. The second kappa shape index (κ2) is 7.17. The summed E-state index contributed by atoms with van der Waals surface area (Å²) in [7, 11) is 0. The molecule has 1 aliphatic heterocycles. The number of aliphatic carboxylic acids is 1. The molecule has 2 saturated carbocycles. The first kappa shape index (κ1) is 17.9. The smallest absolute Gasteiger partial charge is 0.340 e. The molecule has 134 valence electrons. The van der Waals surface area contributed by atoms with Crippen molar-refractivity contribution in [3.63, 3.8) is 0 Å². The van der Waals surface area contributed by atoms with Crippen molar-refractivity contribution >= 4 is 40.4 Å². The second-order valence-electron chi connectivity index (χ2n) is 7.32. The van der Waals surface area contributed by atoms with Crippen LogP contribution in [0.4, 0.5) is 0 Å². The summed E-state index contributed by atoms with van der Waals surface area (Å²) in [5.41, 5.74) is 0. The molecule has 2 aliphatic carbocycles. The van der Waals surface area contributed by atoms with Crippen LogP contribution in [-0.4, -0.2) is 43.9 Å². The lowest BCUT2D eigenvalue weighted by molar-refractivity contribution is -0.151. The highest BCUT2D eigenvalue weighted by atomic mass is 127. The van der Waals surface area contributed by atoms with Gasteiger partial charge in [-0.05, 0) is 67.0 Å². The zero-order valence-electron chi connectivity index (χ0n) is 13.8. The van der Waals surface area contributed by atoms with Gasteiger partial charge in [0.15, 0.2) is 3.55 Å². The van der Waals surface area contributed by atoms with E-state index >= 15 is 0 Å². The Morgan fingerprint density at radius 1 is 1.08 bits per heavy atom. The van der Waals surface area contributed by atoms with Crippen LogP contribution in [0.2, 0.25) is 0 Å². The third-order valence-corrected chi connectivity index (χ3v) is 7.13. The molecular formula is C17H25IN2O4. The van der Waals surface area contributed by atoms with Gasteiger partial charge in [-0.3, -0.25) is 9.59 Å². The normalized spacial score (nSPS) is 29.3. The summed E-state index contributed by atoms with van der Waals surface area (Å²) in [6, 6.07) is -0.565. The number of hydrogen-bond acceptors (Lipinski definition) is 3. The molecule has 0 aromatic heterocycles. The molecule has 2 N–H and O–H groups in total. The molecule has 0 spiro atoms. The molecule has 0 aromatic carbocycles. The van der Waals surface area contributed by atoms with E-state index < -0.39 is 15.6 Å². The number of alkyl halides is 1. The largest absolute Gasteiger partial charge is 0.479 e. The van der Waals surface area contributed by atoms with Crippen molar-refractivity contribution in [2.24, 2.45) is 11.8 Å². The summed E-state index contributed by atoms with van der Waals surface area (Å²) in [5.74, 6) is -1.03. The van der Waals surface area contributed by atoms with E-state index in [0.717, 1.165) is 38.5 Å². The lowest BCUT2D eigenvalue weighted by Gasteiger charge is -2.36. The number of carboxylic acid groups (broad SMARTS) is 1. The van der Waals surface area contributed by atoms with Gasteiger partial charge in [-0.1, -0.05) is 19.3 Å². The third kappa shape index (κ3) is 3.55. The van der Waals surface area contributed by atoms with E-state index in [4.69, 9.17) is 0 Å². The van der Waals surface area contributed by atoms with Gasteiger partial charge in [-0.25, -0.2) is 4.79 Å². The van der Waals surface area contributed by atoms with Crippen molar-refractivity contribution in [2.45, 2.75) is 67.4 Å². The monoisotopic (exact) mass is 448 g/mol. The molecule has 0 radical (unpaired) electrons. The molecule has 0 bridgehead atoms. The van der Waals surface area contributed by atoms with Gasteiger partial charge >= 0.3 is 5.97 Å². The third-order valence-electron chi connectivity index (χ3n) is 5.54. The topological polar surface area (TPSA) is 86.7 Å². The molecule has 2 amide bonds. The molecule has 3 rings (SSSR count). The Balaban J connectivity index is 1.79. The quantitative estimate of drug-likeness (QED) is 0.384. The molecule has 1 heterocycles. The Morgan fingerprint density at radius 2 is 1.75 bits per heavy atom. The molecule has 0 aromatic rings. The summed E-state index contributed by atoms with van der Waals surface area (Å²) < 4.78 is -1.17. The Kier molecular flexibility index (Phi) is 5.36. The summed E-state index contributed by atoms with van der Waals surface area (Å²) >= 11 is 1.89. The molecule has 6 nitrogen and oxygen atoms in total. The standard InChI is InChI=1S/C17H25IN2O4/c18-17(16(23)24)9-4-10-20(17)15(22)13(11-5-2-1-3-6-11)19-14(21)12-7-8-12/h11-13H,1-10H2,(H,19,21)(H,23,24). The highest BCUT2D eigenvalue weighted by molar-refractivity contribution is 14.1. The van der Waals surface area contributed by atoms with Crippen LogP contribution in [0.3, 0.4) is 0 Å². The van der Waals surface area contributed by atoms with Crippen molar-refractivity contribution < 1.29 is 19.5 Å². The summed E-state index contributed by atoms with van der Waals surface area (Å²) in [5, 5.41) is 12.6. The van der Waals surface area contributed by atoms with Crippen molar-refractivity contribution in [2.75, 3.05) is 6.54 Å². The van der Waals surface area contributed by atoms with Gasteiger partial charge in [0.05, 0.1) is 0 Å². The number of nitrogens with one attached hydrogen (secondary N) is 1. The lowest BCUT2D eigenvalue weighted by atomic mass is 9.83. The molecule has 1 saturated heterocycles. The highest BCUT2D eigenvalue weighted by Crippen LogP contribution is 2.38. The summed E-state index contributed by atoms with van der Waals surface area (Å²) in [4.78, 5) is 38.6. The second-order valence-corrected chi connectivity index (χ2v) is 9.10. The Bertz CT molecular complexity index is 531. The van der Waals surface area contributed by atoms with Crippen LogP contribution < -0.4 is 5.32 Å². The molecule has 3 aliphatic rings. The van der Waals surface area contributed by atoms with Crippen molar-refractivity contribution in [3.05, 3.63) is 0 Å². The fraction of sp³-hybridized carbons (Fsp3) is 0.824. The maximum atomic E-state index is 13.2. The van der Waals surface area contributed by atoms with Gasteiger partial charge in [0.25, 0.3) is 0 Å². The fourth-order valence-electron chi connectivity index (χ4n) is 3.92. The van der Waals surface area contributed by atoms with Gasteiger partial charge in [0, 0.05) is 12.5 Å². The van der Waals surface area contributed by atoms with Gasteiger partial charge in [-0.15, -0.1) is 0 Å². The van der Waals surface area contributed by atoms with Crippen molar-refractivity contribution in [1.82, 2.24) is 10.2 Å². The SMILES string of the molecule is O=C(NC(C(=O)N1CCCC1(I)C(=O)O)C1CCCCC1)C1CC1. The Morgan fingerprint density at radius 3 is 2.33 bits per heavy atom.